The number of hydrogen-bond donors (Lipinski definition) is 1. The Morgan fingerprint density at radius 1 is 1.19 bits per heavy atom. The van der Waals surface area contributed by atoms with Gasteiger partial charge in [-0.3, -0.25) is 4.79 Å². The molecule has 26 heavy (non-hydrogen) atoms. The molecule has 3 aromatic rings. The van der Waals surface area contributed by atoms with Gasteiger partial charge < -0.3 is 5.32 Å². The lowest BCUT2D eigenvalue weighted by atomic mass is 10.0. The van der Waals surface area contributed by atoms with Crippen molar-refractivity contribution in [3.8, 4) is 11.1 Å². The Morgan fingerprint density at radius 2 is 1.92 bits per heavy atom. The second-order valence-electron chi connectivity index (χ2n) is 5.33. The topological polar surface area (TPSA) is 33.5 Å². The van der Waals surface area contributed by atoms with Gasteiger partial charge in [0.1, 0.15) is 0 Å². The van der Waals surface area contributed by atoms with Crippen LogP contribution >= 0.6 is 50.5 Å². The molecule has 0 saturated heterocycles. The van der Waals surface area contributed by atoms with Gasteiger partial charge in [0.15, 0.2) is 0 Å². The number of nitrogens with one attached hydrogen (secondary N) is 1. The van der Waals surface area contributed by atoms with Gasteiger partial charge in [0.2, 0.25) is 5.69 Å². The van der Waals surface area contributed by atoms with Crippen molar-refractivity contribution >= 4 is 62.1 Å². The number of amides is 1. The van der Waals surface area contributed by atoms with E-state index in [-0.39, 0.29) is 5.91 Å². The van der Waals surface area contributed by atoms with E-state index in [4.69, 9.17) is 29.8 Å². The summed E-state index contributed by atoms with van der Waals surface area (Å²) in [6.45, 7) is 7.88. The Kier molecular flexibility index (Phi) is 6.00. The molecule has 3 rings (SSSR count). The number of nitrogens with zero attached hydrogens (tertiary/aromatic N) is 1. The first-order valence-electron chi connectivity index (χ1n) is 7.48. The van der Waals surface area contributed by atoms with Crippen LogP contribution in [0.5, 0.6) is 0 Å². The van der Waals surface area contributed by atoms with Crippen LogP contribution in [-0.4, -0.2) is 5.91 Å². The molecule has 0 bridgehead atoms. The van der Waals surface area contributed by atoms with Gasteiger partial charge in [0, 0.05) is 22.2 Å². The first-order valence-corrected chi connectivity index (χ1v) is 9.85. The zero-order valence-electron chi connectivity index (χ0n) is 13.2. The van der Waals surface area contributed by atoms with Crippen molar-refractivity contribution in [2.75, 3.05) is 0 Å². The van der Waals surface area contributed by atoms with E-state index in [1.165, 1.54) is 11.3 Å². The molecule has 2 aromatic carbocycles. The Bertz CT molecular complexity index is 1010. The Labute approximate surface area is 173 Å². The third-order valence-corrected chi connectivity index (χ3v) is 6.03. The molecule has 0 aliphatic heterocycles. The highest BCUT2D eigenvalue weighted by atomic mass is 79.9. The van der Waals surface area contributed by atoms with E-state index in [1.54, 1.807) is 18.2 Å². The predicted octanol–water partition coefficient (Wildman–Crippen LogP) is 6.97. The molecule has 0 spiro atoms. The second kappa shape index (κ2) is 8.24. The van der Waals surface area contributed by atoms with Crippen LogP contribution in [0.25, 0.3) is 16.0 Å². The van der Waals surface area contributed by atoms with E-state index < -0.39 is 0 Å². The molecule has 0 unspecified atom stereocenters. The van der Waals surface area contributed by atoms with Gasteiger partial charge in [-0.05, 0) is 23.3 Å². The number of rotatable bonds is 4. The van der Waals surface area contributed by atoms with Gasteiger partial charge >= 0.3 is 0 Å². The molecule has 130 valence electrons. The molecule has 0 aliphatic rings. The highest BCUT2D eigenvalue weighted by Gasteiger charge is 2.24. The monoisotopic (exact) mass is 464 g/mol. The zero-order valence-corrected chi connectivity index (χ0v) is 17.1. The minimum Gasteiger partial charge on any atom is -0.347 e. The molecule has 1 aromatic heterocycles. The number of thiophene rings is 1. The van der Waals surface area contributed by atoms with Crippen LogP contribution in [0.4, 0.5) is 5.69 Å². The van der Waals surface area contributed by atoms with Crippen molar-refractivity contribution in [1.29, 1.82) is 0 Å². The minimum atomic E-state index is -0.254. The molecule has 1 N–H and O–H groups in total. The fourth-order valence-electron chi connectivity index (χ4n) is 2.46. The summed E-state index contributed by atoms with van der Waals surface area (Å²) in [5.74, 6) is -0.254. The first-order chi connectivity index (χ1) is 12.5. The van der Waals surface area contributed by atoms with Crippen molar-refractivity contribution < 1.29 is 4.79 Å². The largest absolute Gasteiger partial charge is 0.347 e. The summed E-state index contributed by atoms with van der Waals surface area (Å²) < 4.78 is 0.596. The van der Waals surface area contributed by atoms with Gasteiger partial charge in [-0.2, -0.15) is 0 Å². The third-order valence-electron chi connectivity index (χ3n) is 3.66. The first kappa shape index (κ1) is 18.9. The van der Waals surface area contributed by atoms with Crippen LogP contribution in [0, 0.1) is 6.57 Å². The number of hydrogen-bond acceptors (Lipinski definition) is 2. The van der Waals surface area contributed by atoms with Crippen molar-refractivity contribution in [1.82, 2.24) is 5.32 Å². The van der Waals surface area contributed by atoms with E-state index >= 15 is 0 Å². The molecular weight excluding hydrogens is 455 g/mol. The van der Waals surface area contributed by atoms with Crippen LogP contribution in [0.3, 0.4) is 0 Å². The number of carbonyl (C=O) groups is 1. The Morgan fingerprint density at radius 3 is 2.58 bits per heavy atom. The van der Waals surface area contributed by atoms with Crippen LogP contribution in [0.2, 0.25) is 10.0 Å². The summed E-state index contributed by atoms with van der Waals surface area (Å²) in [5, 5.41) is 3.79. The number of carbonyl (C=O) groups excluding carboxylic acids is 1. The van der Waals surface area contributed by atoms with Crippen molar-refractivity contribution in [3.05, 3.63) is 84.2 Å². The van der Waals surface area contributed by atoms with Gasteiger partial charge in [-0.1, -0.05) is 75.5 Å². The second-order valence-corrected chi connectivity index (χ2v) is 8.51. The third kappa shape index (κ3) is 3.94. The molecule has 0 aliphatic carbocycles. The normalized spacial score (nSPS) is 10.4. The summed E-state index contributed by atoms with van der Waals surface area (Å²) >= 11 is 16.9. The SMILES string of the molecule is [C-]#[N+]c1c(Br)sc(C(=O)NCc2ccccc2)c1-c1ccc(Cl)cc1Cl. The van der Waals surface area contributed by atoms with Gasteiger partial charge in [-0.15, -0.1) is 11.3 Å². The molecule has 0 fully saturated rings. The average molecular weight is 466 g/mol. The number of halogens is 3. The van der Waals surface area contributed by atoms with Crippen LogP contribution < -0.4 is 5.32 Å². The van der Waals surface area contributed by atoms with E-state index in [9.17, 15) is 4.79 Å². The molecule has 1 amide bonds. The fourth-order valence-corrected chi connectivity index (χ4v) is 4.63. The van der Waals surface area contributed by atoms with Gasteiger partial charge in [0.25, 0.3) is 5.91 Å². The fraction of sp³-hybridized carbons (Fsp3) is 0.0526. The lowest BCUT2D eigenvalue weighted by molar-refractivity contribution is 0.0955. The summed E-state index contributed by atoms with van der Waals surface area (Å²) in [4.78, 5) is 16.8. The summed E-state index contributed by atoms with van der Waals surface area (Å²) in [5.41, 5.74) is 2.48. The molecule has 0 saturated carbocycles. The van der Waals surface area contributed by atoms with Gasteiger partial charge in [-0.25, -0.2) is 4.85 Å². The zero-order chi connectivity index (χ0) is 18.7. The molecular formula is C19H11BrCl2N2OS. The van der Waals surface area contributed by atoms with E-state index in [0.717, 1.165) is 5.56 Å². The smallest absolute Gasteiger partial charge is 0.260 e. The Balaban J connectivity index is 1.99. The number of benzene rings is 2. The maximum atomic E-state index is 12.8. The maximum absolute atomic E-state index is 12.8. The van der Waals surface area contributed by atoms with Crippen molar-refractivity contribution in [3.63, 3.8) is 0 Å². The Hall–Kier alpha value is -1.84. The predicted molar refractivity (Wildman–Crippen MR) is 111 cm³/mol. The quantitative estimate of drug-likeness (QED) is 0.415. The highest BCUT2D eigenvalue weighted by Crippen LogP contribution is 2.48. The van der Waals surface area contributed by atoms with Crippen molar-refractivity contribution in [2.24, 2.45) is 0 Å². The van der Waals surface area contributed by atoms with Crippen LogP contribution in [-0.2, 0) is 6.54 Å². The molecule has 0 atom stereocenters. The van der Waals surface area contributed by atoms with E-state index in [1.807, 2.05) is 30.3 Å². The summed E-state index contributed by atoms with van der Waals surface area (Å²) in [7, 11) is 0. The molecule has 1 heterocycles. The van der Waals surface area contributed by atoms with E-state index in [2.05, 4.69) is 26.1 Å². The molecule has 7 heteroatoms. The molecule has 0 radical (unpaired) electrons. The lowest BCUT2D eigenvalue weighted by Crippen LogP contribution is -2.22. The standard InChI is InChI=1S/C19H11BrCl2N2OS/c1-23-16-15(13-8-7-12(21)9-14(13)22)17(26-18(16)20)19(25)24-10-11-5-3-2-4-6-11/h2-9H,10H2,(H,24,25). The highest BCUT2D eigenvalue weighted by molar-refractivity contribution is 9.11. The maximum Gasteiger partial charge on any atom is 0.260 e. The van der Waals surface area contributed by atoms with Crippen LogP contribution in [0.15, 0.2) is 52.3 Å². The average Bonchev–Trinajstić information content (AvgIpc) is 2.97. The van der Waals surface area contributed by atoms with E-state index in [0.29, 0.717) is 42.1 Å². The van der Waals surface area contributed by atoms with Crippen molar-refractivity contribution in [2.45, 2.75) is 6.54 Å². The lowest BCUT2D eigenvalue weighted by Gasteiger charge is -2.09. The summed E-state index contributed by atoms with van der Waals surface area (Å²) in [6.07, 6.45) is 0. The van der Waals surface area contributed by atoms with Gasteiger partial charge in [0.05, 0.1) is 15.2 Å². The molecule has 3 nitrogen and oxygen atoms in total. The minimum absolute atomic E-state index is 0.254. The summed E-state index contributed by atoms with van der Waals surface area (Å²) in [6, 6.07) is 14.6. The van der Waals surface area contributed by atoms with Crippen LogP contribution in [0.1, 0.15) is 15.2 Å².